The molecule has 0 unspecified atom stereocenters. The molecule has 0 saturated heterocycles. The van der Waals surface area contributed by atoms with Crippen molar-refractivity contribution in [3.63, 3.8) is 0 Å². The Labute approximate surface area is 180 Å². The van der Waals surface area contributed by atoms with Crippen LogP contribution in [0.25, 0.3) is 5.69 Å². The minimum atomic E-state index is -0.184. The van der Waals surface area contributed by atoms with E-state index in [4.69, 9.17) is 11.6 Å². The summed E-state index contributed by atoms with van der Waals surface area (Å²) in [6.45, 7) is 4.38. The Bertz CT molecular complexity index is 1020. The number of rotatable bonds is 6. The van der Waals surface area contributed by atoms with Gasteiger partial charge in [0.2, 0.25) is 0 Å². The lowest BCUT2D eigenvalue weighted by molar-refractivity contribution is 0.216. The van der Waals surface area contributed by atoms with Gasteiger partial charge < -0.3 is 10.2 Å². The summed E-state index contributed by atoms with van der Waals surface area (Å²) in [6, 6.07) is 13.8. The number of urea groups is 1. The number of aromatic nitrogens is 3. The molecular weight excluding hydrogens is 406 g/mol. The molecule has 0 aliphatic heterocycles. The topological polar surface area (TPSA) is 63.1 Å². The van der Waals surface area contributed by atoms with Crippen molar-refractivity contribution in [2.75, 3.05) is 14.1 Å². The molecule has 0 aliphatic carbocycles. The van der Waals surface area contributed by atoms with Gasteiger partial charge in [-0.2, -0.15) is 0 Å². The average molecular weight is 430 g/mol. The van der Waals surface area contributed by atoms with Crippen LogP contribution in [0.15, 0.2) is 47.6 Å². The van der Waals surface area contributed by atoms with Crippen molar-refractivity contribution in [3.05, 3.63) is 70.0 Å². The predicted molar refractivity (Wildman–Crippen MR) is 118 cm³/mol. The molecule has 3 rings (SSSR count). The Morgan fingerprint density at radius 1 is 1.14 bits per heavy atom. The summed E-state index contributed by atoms with van der Waals surface area (Å²) >= 11 is 7.87. The van der Waals surface area contributed by atoms with E-state index in [0.29, 0.717) is 10.8 Å². The summed E-state index contributed by atoms with van der Waals surface area (Å²) in [5.41, 5.74) is 4.44. The molecular formula is C21H24ClN5OS. The van der Waals surface area contributed by atoms with Crippen molar-refractivity contribution in [2.24, 2.45) is 0 Å². The van der Waals surface area contributed by atoms with Gasteiger partial charge in [0.1, 0.15) is 0 Å². The Kier molecular flexibility index (Phi) is 6.82. The lowest BCUT2D eigenvalue weighted by atomic mass is 10.1. The van der Waals surface area contributed by atoms with Crippen molar-refractivity contribution in [2.45, 2.75) is 31.3 Å². The number of nitrogens with zero attached hydrogens (tertiary/aromatic N) is 4. The average Bonchev–Trinajstić information content (AvgIpc) is 3.09. The first kappa shape index (κ1) is 21.2. The molecule has 3 aromatic rings. The van der Waals surface area contributed by atoms with Gasteiger partial charge in [-0.15, -0.1) is 10.2 Å². The SMILES string of the molecule is Cc1ccccc1CSc1nnc(CNC(=O)N(C)C)n1-c1cc(Cl)ccc1C. The fraction of sp³-hybridized carbons (Fsp3) is 0.286. The van der Waals surface area contributed by atoms with Crippen LogP contribution in [0.1, 0.15) is 22.5 Å². The largest absolute Gasteiger partial charge is 0.331 e. The highest BCUT2D eigenvalue weighted by atomic mass is 35.5. The number of benzene rings is 2. The lowest BCUT2D eigenvalue weighted by Crippen LogP contribution is -2.34. The number of halogens is 1. The molecule has 1 heterocycles. The normalized spacial score (nSPS) is 10.8. The van der Waals surface area contributed by atoms with Gasteiger partial charge in [-0.1, -0.05) is 53.7 Å². The molecule has 6 nitrogen and oxygen atoms in total. The molecule has 0 atom stereocenters. The molecule has 0 fully saturated rings. The summed E-state index contributed by atoms with van der Waals surface area (Å²) < 4.78 is 1.97. The molecule has 0 spiro atoms. The molecule has 2 aromatic carbocycles. The van der Waals surface area contributed by atoms with Crippen LogP contribution >= 0.6 is 23.4 Å². The van der Waals surface area contributed by atoms with Gasteiger partial charge in [0.15, 0.2) is 11.0 Å². The molecule has 0 bridgehead atoms. The van der Waals surface area contributed by atoms with Crippen LogP contribution in [0.3, 0.4) is 0 Å². The van der Waals surface area contributed by atoms with E-state index in [1.54, 1.807) is 25.9 Å². The van der Waals surface area contributed by atoms with E-state index in [1.807, 2.05) is 41.8 Å². The third-order valence-corrected chi connectivity index (χ3v) is 5.75. The highest BCUT2D eigenvalue weighted by molar-refractivity contribution is 7.98. The minimum Gasteiger partial charge on any atom is -0.331 e. The van der Waals surface area contributed by atoms with E-state index in [9.17, 15) is 4.79 Å². The number of carbonyl (C=O) groups excluding carboxylic acids is 1. The zero-order valence-electron chi connectivity index (χ0n) is 16.9. The lowest BCUT2D eigenvalue weighted by Gasteiger charge is -2.15. The van der Waals surface area contributed by atoms with Crippen molar-refractivity contribution in [1.29, 1.82) is 0 Å². The third kappa shape index (κ3) is 5.10. The van der Waals surface area contributed by atoms with Gasteiger partial charge in [-0.3, -0.25) is 4.57 Å². The van der Waals surface area contributed by atoms with Crippen molar-refractivity contribution < 1.29 is 4.79 Å². The molecule has 1 aromatic heterocycles. The number of carbonyl (C=O) groups is 1. The summed E-state index contributed by atoms with van der Waals surface area (Å²) in [4.78, 5) is 13.5. The van der Waals surface area contributed by atoms with E-state index in [0.717, 1.165) is 22.2 Å². The van der Waals surface area contributed by atoms with Gasteiger partial charge in [0, 0.05) is 24.9 Å². The second-order valence-corrected chi connectivity index (χ2v) is 8.31. The minimum absolute atomic E-state index is 0.184. The monoisotopic (exact) mass is 429 g/mol. The molecule has 152 valence electrons. The summed E-state index contributed by atoms with van der Waals surface area (Å²) in [5, 5.41) is 13.0. The summed E-state index contributed by atoms with van der Waals surface area (Å²) in [6.07, 6.45) is 0. The van der Waals surface area contributed by atoms with E-state index in [1.165, 1.54) is 16.0 Å². The quantitative estimate of drug-likeness (QED) is 0.581. The number of hydrogen-bond acceptors (Lipinski definition) is 4. The van der Waals surface area contributed by atoms with Crippen LogP contribution < -0.4 is 5.32 Å². The predicted octanol–water partition coefficient (Wildman–Crippen LogP) is 4.60. The van der Waals surface area contributed by atoms with E-state index in [-0.39, 0.29) is 12.6 Å². The third-order valence-electron chi connectivity index (χ3n) is 4.53. The van der Waals surface area contributed by atoms with Crippen molar-refractivity contribution in [1.82, 2.24) is 25.0 Å². The van der Waals surface area contributed by atoms with Gasteiger partial charge in [-0.05, 0) is 42.7 Å². The maximum atomic E-state index is 12.0. The van der Waals surface area contributed by atoms with E-state index < -0.39 is 0 Å². The fourth-order valence-electron chi connectivity index (χ4n) is 2.80. The maximum absolute atomic E-state index is 12.0. The Morgan fingerprint density at radius 3 is 2.62 bits per heavy atom. The van der Waals surface area contributed by atoms with Crippen LogP contribution in [-0.2, 0) is 12.3 Å². The number of aryl methyl sites for hydroxylation is 2. The van der Waals surface area contributed by atoms with Gasteiger partial charge in [0.25, 0.3) is 0 Å². The van der Waals surface area contributed by atoms with E-state index in [2.05, 4.69) is 34.6 Å². The Balaban J connectivity index is 1.94. The zero-order chi connectivity index (χ0) is 21.0. The molecule has 0 radical (unpaired) electrons. The maximum Gasteiger partial charge on any atom is 0.317 e. The van der Waals surface area contributed by atoms with Crippen LogP contribution in [0.5, 0.6) is 0 Å². The number of thioether (sulfide) groups is 1. The first-order chi connectivity index (χ1) is 13.9. The standard InChI is InChI=1S/C21H24ClN5OS/c1-14-7-5-6-8-16(14)13-29-21-25-24-19(12-23-20(28)26(3)4)27(21)18-11-17(22)10-9-15(18)2/h5-11H,12-13H2,1-4H3,(H,23,28). The molecule has 0 aliphatic rings. The molecule has 8 heteroatoms. The molecule has 0 saturated carbocycles. The second kappa shape index (κ2) is 9.33. The Morgan fingerprint density at radius 2 is 1.90 bits per heavy atom. The Hall–Kier alpha value is -2.51. The first-order valence-corrected chi connectivity index (χ1v) is 10.6. The van der Waals surface area contributed by atoms with Gasteiger partial charge in [0.05, 0.1) is 12.2 Å². The number of hydrogen-bond donors (Lipinski definition) is 1. The summed E-state index contributed by atoms with van der Waals surface area (Å²) in [7, 11) is 3.40. The van der Waals surface area contributed by atoms with Crippen molar-refractivity contribution in [3.8, 4) is 5.69 Å². The number of amides is 2. The molecule has 1 N–H and O–H groups in total. The zero-order valence-corrected chi connectivity index (χ0v) is 18.5. The highest BCUT2D eigenvalue weighted by Gasteiger charge is 2.18. The highest BCUT2D eigenvalue weighted by Crippen LogP contribution is 2.29. The number of nitrogens with one attached hydrogen (secondary N) is 1. The van der Waals surface area contributed by atoms with Crippen molar-refractivity contribution >= 4 is 29.4 Å². The van der Waals surface area contributed by atoms with Crippen LogP contribution in [0.2, 0.25) is 5.02 Å². The van der Waals surface area contributed by atoms with Gasteiger partial charge >= 0.3 is 6.03 Å². The smallest absolute Gasteiger partial charge is 0.317 e. The fourth-order valence-corrected chi connectivity index (χ4v) is 4.01. The molecule has 2 amide bonds. The second-order valence-electron chi connectivity index (χ2n) is 6.93. The molecule has 29 heavy (non-hydrogen) atoms. The summed E-state index contributed by atoms with van der Waals surface area (Å²) in [5.74, 6) is 1.42. The van der Waals surface area contributed by atoms with Gasteiger partial charge in [-0.25, -0.2) is 4.79 Å². The first-order valence-electron chi connectivity index (χ1n) is 9.20. The van der Waals surface area contributed by atoms with Crippen LogP contribution in [0.4, 0.5) is 4.79 Å². The van der Waals surface area contributed by atoms with Crippen LogP contribution in [-0.4, -0.2) is 39.8 Å². The van der Waals surface area contributed by atoms with Crippen LogP contribution in [0, 0.1) is 13.8 Å². The van der Waals surface area contributed by atoms with E-state index >= 15 is 0 Å².